The molecule has 0 fully saturated rings. The largest absolute Gasteiger partial charge is 0.393 e. The van der Waals surface area contributed by atoms with Crippen molar-refractivity contribution < 1.29 is 24.2 Å². The molecule has 8 heteroatoms. The molecule has 0 amide bonds. The molecule has 0 aliphatic rings. The van der Waals surface area contributed by atoms with Crippen molar-refractivity contribution in [2.75, 3.05) is 19.2 Å². The molecule has 5 nitrogen and oxygen atoms in total. The van der Waals surface area contributed by atoms with Crippen molar-refractivity contribution in [1.82, 2.24) is 0 Å². The molecular formula is C10H21BO5P2. The van der Waals surface area contributed by atoms with Gasteiger partial charge in [-0.25, -0.2) is 0 Å². The standard InChI is InChI=1S/C10H21BO5P2/c1-4-10(11)16-9(7-12)5-6-18(14,15)8-17(2,3)13/h5-6,9-10,12-13H,2,4,7-8H2,1,3H3,(H,14,15)/b6-5+/t9-,10-,17?/m1/s1. The van der Waals surface area contributed by atoms with E-state index >= 15 is 0 Å². The minimum absolute atomic E-state index is 0.255. The topological polar surface area (TPSA) is 87.0 Å². The average molecular weight is 294 g/mol. The third kappa shape index (κ3) is 9.15. The summed E-state index contributed by atoms with van der Waals surface area (Å²) in [7, 11) is -0.643. The van der Waals surface area contributed by atoms with Gasteiger partial charge in [0.1, 0.15) is 7.85 Å². The van der Waals surface area contributed by atoms with Crippen LogP contribution in [-0.2, 0) is 9.30 Å². The molecule has 0 saturated heterocycles. The molecular weight excluding hydrogens is 273 g/mol. The highest BCUT2D eigenvalue weighted by Gasteiger charge is 2.20. The van der Waals surface area contributed by atoms with Crippen molar-refractivity contribution in [3.8, 4) is 0 Å². The molecule has 0 aromatic carbocycles. The first-order chi connectivity index (χ1) is 8.09. The zero-order valence-electron chi connectivity index (χ0n) is 10.8. The van der Waals surface area contributed by atoms with E-state index < -0.39 is 26.6 Å². The summed E-state index contributed by atoms with van der Waals surface area (Å²) in [4.78, 5) is 19.1. The smallest absolute Gasteiger partial charge is 0.228 e. The van der Waals surface area contributed by atoms with Crippen LogP contribution in [0.1, 0.15) is 13.3 Å². The van der Waals surface area contributed by atoms with Crippen molar-refractivity contribution >= 4 is 28.6 Å². The number of aliphatic hydroxyl groups is 1. The van der Waals surface area contributed by atoms with Crippen molar-refractivity contribution in [2.45, 2.75) is 25.5 Å². The summed E-state index contributed by atoms with van der Waals surface area (Å²) in [6.07, 6.45) is 4.60. The van der Waals surface area contributed by atoms with Gasteiger partial charge in [-0.1, -0.05) is 13.2 Å². The van der Waals surface area contributed by atoms with Gasteiger partial charge in [0, 0.05) is 13.1 Å². The van der Waals surface area contributed by atoms with Crippen LogP contribution in [-0.4, -0.2) is 60.3 Å². The Morgan fingerprint density at radius 3 is 2.44 bits per heavy atom. The lowest BCUT2D eigenvalue weighted by molar-refractivity contribution is 0.0226. The predicted octanol–water partition coefficient (Wildman–Crippen LogP) is 0.997. The highest BCUT2D eigenvalue weighted by molar-refractivity contribution is 7.81. The van der Waals surface area contributed by atoms with Crippen LogP contribution in [0.5, 0.6) is 0 Å². The summed E-state index contributed by atoms with van der Waals surface area (Å²) >= 11 is 0. The first-order valence-corrected chi connectivity index (χ1v) is 10.0. The van der Waals surface area contributed by atoms with Crippen LogP contribution >= 0.6 is 14.5 Å². The maximum absolute atomic E-state index is 11.7. The second-order valence-electron chi connectivity index (χ2n) is 4.38. The maximum Gasteiger partial charge on any atom is 0.228 e. The molecule has 2 unspecified atom stereocenters. The monoisotopic (exact) mass is 294 g/mol. The first-order valence-electron chi connectivity index (χ1n) is 5.55. The second kappa shape index (κ2) is 7.69. The molecule has 0 aliphatic carbocycles. The van der Waals surface area contributed by atoms with Gasteiger partial charge in [0.25, 0.3) is 0 Å². The Morgan fingerprint density at radius 2 is 2.06 bits per heavy atom. The zero-order valence-corrected chi connectivity index (χ0v) is 12.6. The van der Waals surface area contributed by atoms with Gasteiger partial charge in [0.15, 0.2) is 0 Å². The number of aliphatic hydroxyl groups excluding tert-OH is 1. The highest BCUT2D eigenvalue weighted by atomic mass is 31.2. The Kier molecular flexibility index (Phi) is 7.76. The third-order valence-corrected chi connectivity index (χ3v) is 6.67. The fraction of sp³-hybridized carbons (Fsp3) is 0.700. The van der Waals surface area contributed by atoms with E-state index in [1.165, 1.54) is 12.7 Å². The van der Waals surface area contributed by atoms with Gasteiger partial charge in [-0.15, -0.1) is 0 Å². The number of ether oxygens (including phenoxy) is 1. The first kappa shape index (κ1) is 18.2. The van der Waals surface area contributed by atoms with Crippen molar-refractivity contribution in [1.29, 1.82) is 0 Å². The fourth-order valence-electron chi connectivity index (χ4n) is 1.18. The van der Waals surface area contributed by atoms with Gasteiger partial charge >= 0.3 is 0 Å². The molecule has 0 heterocycles. The van der Waals surface area contributed by atoms with Crippen LogP contribution in [0.15, 0.2) is 11.9 Å². The van der Waals surface area contributed by atoms with Crippen molar-refractivity contribution in [3.05, 3.63) is 11.9 Å². The molecule has 0 aromatic rings. The molecule has 0 rings (SSSR count). The lowest BCUT2D eigenvalue weighted by Crippen LogP contribution is -2.23. The minimum Gasteiger partial charge on any atom is -0.393 e. The molecule has 3 N–H and O–H groups in total. The summed E-state index contributed by atoms with van der Waals surface area (Å²) in [5.41, 5.74) is 0. The van der Waals surface area contributed by atoms with E-state index in [4.69, 9.17) is 17.7 Å². The molecule has 104 valence electrons. The average Bonchev–Trinajstić information content (AvgIpc) is 2.20. The van der Waals surface area contributed by atoms with Crippen LogP contribution in [0.2, 0.25) is 0 Å². The summed E-state index contributed by atoms with van der Waals surface area (Å²) < 4.78 is 16.9. The van der Waals surface area contributed by atoms with Crippen LogP contribution in [0.3, 0.4) is 0 Å². The lowest BCUT2D eigenvalue weighted by Gasteiger charge is -2.18. The van der Waals surface area contributed by atoms with E-state index in [9.17, 15) is 14.4 Å². The molecule has 0 bridgehead atoms. The number of hydrogen-bond acceptors (Lipinski definition) is 4. The summed E-state index contributed by atoms with van der Waals surface area (Å²) in [6, 6.07) is -0.534. The van der Waals surface area contributed by atoms with E-state index in [-0.39, 0.29) is 12.5 Å². The predicted molar refractivity (Wildman–Crippen MR) is 77.8 cm³/mol. The molecule has 4 atom stereocenters. The van der Waals surface area contributed by atoms with Gasteiger partial charge in [-0.3, -0.25) is 4.57 Å². The Labute approximate surface area is 110 Å². The highest BCUT2D eigenvalue weighted by Crippen LogP contribution is 2.55. The third-order valence-electron chi connectivity index (χ3n) is 1.97. The van der Waals surface area contributed by atoms with Gasteiger partial charge in [0.05, 0.1) is 18.6 Å². The van der Waals surface area contributed by atoms with Crippen molar-refractivity contribution in [3.63, 3.8) is 0 Å². The Balaban J connectivity index is 4.58. The number of hydrogen-bond donors (Lipinski definition) is 3. The normalized spacial score (nSPS) is 22.3. The molecule has 18 heavy (non-hydrogen) atoms. The minimum atomic E-state index is -3.61. The van der Waals surface area contributed by atoms with Crippen LogP contribution in [0, 0.1) is 0 Å². The maximum atomic E-state index is 11.7. The molecule has 0 saturated carbocycles. The Hall–Kier alpha value is 0.175. The fourth-order valence-corrected chi connectivity index (χ4v) is 5.51. The van der Waals surface area contributed by atoms with E-state index in [2.05, 4.69) is 6.30 Å². The van der Waals surface area contributed by atoms with E-state index in [0.29, 0.717) is 6.42 Å². The Bertz CT molecular complexity index is 365. The SMILES string of the molecule is [B][C@@H](CC)O[C@H](/C=C/P(=O)(O)CP(=C)(C)O)CO. The van der Waals surface area contributed by atoms with E-state index in [0.717, 1.165) is 5.82 Å². The van der Waals surface area contributed by atoms with Gasteiger partial charge < -0.3 is 19.6 Å². The molecule has 0 aromatic heterocycles. The van der Waals surface area contributed by atoms with Gasteiger partial charge in [-0.2, -0.15) is 0 Å². The van der Waals surface area contributed by atoms with Gasteiger partial charge in [-0.05, 0) is 25.0 Å². The lowest BCUT2D eigenvalue weighted by atomic mass is 9.97. The molecule has 2 radical (unpaired) electrons. The summed E-state index contributed by atoms with van der Waals surface area (Å²) in [5.74, 6) is 0.810. The Morgan fingerprint density at radius 1 is 1.50 bits per heavy atom. The van der Waals surface area contributed by atoms with Crippen LogP contribution in [0.25, 0.3) is 0 Å². The van der Waals surface area contributed by atoms with Crippen LogP contribution < -0.4 is 0 Å². The summed E-state index contributed by atoms with van der Waals surface area (Å²) in [5, 5.41) is 9.04. The second-order valence-corrected chi connectivity index (χ2v) is 10.00. The number of rotatable bonds is 8. The van der Waals surface area contributed by atoms with Crippen LogP contribution in [0.4, 0.5) is 0 Å². The van der Waals surface area contributed by atoms with Crippen molar-refractivity contribution in [2.24, 2.45) is 0 Å². The molecule has 0 spiro atoms. The molecule has 0 aliphatic heterocycles. The van der Waals surface area contributed by atoms with E-state index in [1.807, 2.05) is 6.92 Å². The van der Waals surface area contributed by atoms with E-state index in [1.54, 1.807) is 0 Å². The zero-order chi connectivity index (χ0) is 14.4. The quantitative estimate of drug-likeness (QED) is 0.459. The van der Waals surface area contributed by atoms with Gasteiger partial charge in [0.2, 0.25) is 7.37 Å². The summed E-state index contributed by atoms with van der Waals surface area (Å²) in [6.45, 7) is 2.95.